The lowest BCUT2D eigenvalue weighted by atomic mass is 10.1. The SMILES string of the molecule is CCNCc1sc(C(OC)c2ccccc2)nc1C(C)C. The highest BCUT2D eigenvalue weighted by atomic mass is 32.1. The lowest BCUT2D eigenvalue weighted by Crippen LogP contribution is -2.12. The predicted octanol–water partition coefficient (Wildman–Crippen LogP) is 4.11. The molecule has 1 N–H and O–H groups in total. The molecule has 0 saturated heterocycles. The van der Waals surface area contributed by atoms with Gasteiger partial charge in [-0.3, -0.25) is 0 Å². The summed E-state index contributed by atoms with van der Waals surface area (Å²) in [6.07, 6.45) is -0.0796. The molecule has 0 aliphatic heterocycles. The molecule has 4 heteroatoms. The average molecular weight is 304 g/mol. The van der Waals surface area contributed by atoms with Gasteiger partial charge in [-0.15, -0.1) is 11.3 Å². The van der Waals surface area contributed by atoms with E-state index in [4.69, 9.17) is 9.72 Å². The monoisotopic (exact) mass is 304 g/mol. The fraction of sp³-hybridized carbons (Fsp3) is 0.471. The van der Waals surface area contributed by atoms with Gasteiger partial charge < -0.3 is 10.1 Å². The molecule has 0 amide bonds. The molecule has 1 aromatic carbocycles. The minimum atomic E-state index is -0.0796. The van der Waals surface area contributed by atoms with E-state index in [0.717, 1.165) is 23.7 Å². The van der Waals surface area contributed by atoms with Crippen molar-refractivity contribution in [2.75, 3.05) is 13.7 Å². The Morgan fingerprint density at radius 3 is 2.52 bits per heavy atom. The summed E-state index contributed by atoms with van der Waals surface area (Å²) in [7, 11) is 1.75. The molecule has 1 atom stereocenters. The molecule has 2 rings (SSSR count). The molecule has 0 aliphatic rings. The van der Waals surface area contributed by atoms with Crippen molar-refractivity contribution in [2.24, 2.45) is 0 Å². The summed E-state index contributed by atoms with van der Waals surface area (Å²) >= 11 is 1.76. The van der Waals surface area contributed by atoms with Crippen molar-refractivity contribution in [2.45, 2.75) is 39.3 Å². The Morgan fingerprint density at radius 1 is 1.24 bits per heavy atom. The molecule has 2 aromatic rings. The van der Waals surface area contributed by atoms with Crippen LogP contribution in [0.25, 0.3) is 0 Å². The summed E-state index contributed by atoms with van der Waals surface area (Å²) in [6.45, 7) is 8.36. The van der Waals surface area contributed by atoms with Gasteiger partial charge in [0.1, 0.15) is 11.1 Å². The van der Waals surface area contributed by atoms with Crippen LogP contribution in [-0.4, -0.2) is 18.6 Å². The second-order valence-corrected chi connectivity index (χ2v) is 6.44. The molecule has 0 bridgehead atoms. The van der Waals surface area contributed by atoms with E-state index in [0.29, 0.717) is 5.92 Å². The van der Waals surface area contributed by atoms with Crippen molar-refractivity contribution in [3.8, 4) is 0 Å². The molecule has 114 valence electrons. The minimum absolute atomic E-state index is 0.0796. The Morgan fingerprint density at radius 2 is 1.95 bits per heavy atom. The van der Waals surface area contributed by atoms with Crippen LogP contribution in [0.2, 0.25) is 0 Å². The van der Waals surface area contributed by atoms with E-state index in [1.165, 1.54) is 10.6 Å². The average Bonchev–Trinajstić information content (AvgIpc) is 2.91. The molecule has 1 unspecified atom stereocenters. The van der Waals surface area contributed by atoms with Gasteiger partial charge in [-0.2, -0.15) is 0 Å². The highest BCUT2D eigenvalue weighted by Crippen LogP contribution is 2.33. The fourth-order valence-electron chi connectivity index (χ4n) is 2.32. The molecule has 0 saturated carbocycles. The van der Waals surface area contributed by atoms with Gasteiger partial charge in [0.25, 0.3) is 0 Å². The van der Waals surface area contributed by atoms with E-state index < -0.39 is 0 Å². The number of aromatic nitrogens is 1. The van der Waals surface area contributed by atoms with Gasteiger partial charge in [-0.1, -0.05) is 51.1 Å². The number of hydrogen-bond donors (Lipinski definition) is 1. The number of hydrogen-bond acceptors (Lipinski definition) is 4. The third-order valence-corrected chi connectivity index (χ3v) is 4.50. The zero-order valence-electron chi connectivity index (χ0n) is 13.2. The summed E-state index contributed by atoms with van der Waals surface area (Å²) < 4.78 is 5.70. The number of nitrogens with zero attached hydrogens (tertiary/aromatic N) is 1. The van der Waals surface area contributed by atoms with Crippen LogP contribution in [0.1, 0.15) is 53.9 Å². The normalized spacial score (nSPS) is 12.8. The Labute approximate surface area is 131 Å². The summed E-state index contributed by atoms with van der Waals surface area (Å²) in [5.41, 5.74) is 2.34. The van der Waals surface area contributed by atoms with E-state index in [1.54, 1.807) is 18.4 Å². The number of rotatable bonds is 7. The van der Waals surface area contributed by atoms with Crippen molar-refractivity contribution in [1.82, 2.24) is 10.3 Å². The minimum Gasteiger partial charge on any atom is -0.370 e. The first kappa shape index (κ1) is 16.1. The third kappa shape index (κ3) is 3.90. The molecule has 21 heavy (non-hydrogen) atoms. The van der Waals surface area contributed by atoms with Gasteiger partial charge in [-0.25, -0.2) is 4.98 Å². The van der Waals surface area contributed by atoms with Crippen LogP contribution in [0.3, 0.4) is 0 Å². The highest BCUT2D eigenvalue weighted by Gasteiger charge is 2.21. The first-order valence-electron chi connectivity index (χ1n) is 7.45. The predicted molar refractivity (Wildman–Crippen MR) is 88.9 cm³/mol. The largest absolute Gasteiger partial charge is 0.370 e. The molecule has 3 nitrogen and oxygen atoms in total. The quantitative estimate of drug-likeness (QED) is 0.836. The van der Waals surface area contributed by atoms with E-state index in [1.807, 2.05) is 18.2 Å². The summed E-state index contributed by atoms with van der Waals surface area (Å²) in [5.74, 6) is 0.428. The van der Waals surface area contributed by atoms with Crippen molar-refractivity contribution in [1.29, 1.82) is 0 Å². The molecule has 1 aromatic heterocycles. The van der Waals surface area contributed by atoms with Crippen LogP contribution in [0, 0.1) is 0 Å². The number of methoxy groups -OCH3 is 1. The van der Waals surface area contributed by atoms with Gasteiger partial charge in [0.2, 0.25) is 0 Å². The summed E-state index contributed by atoms with van der Waals surface area (Å²) in [5, 5.41) is 4.44. The molecule has 1 heterocycles. The smallest absolute Gasteiger partial charge is 0.134 e. The Balaban J connectivity index is 2.33. The van der Waals surface area contributed by atoms with Crippen LogP contribution < -0.4 is 5.32 Å². The Hall–Kier alpha value is -1.23. The van der Waals surface area contributed by atoms with Gasteiger partial charge in [0, 0.05) is 18.5 Å². The van der Waals surface area contributed by atoms with Crippen LogP contribution in [0.4, 0.5) is 0 Å². The topological polar surface area (TPSA) is 34.1 Å². The molecular formula is C17H24N2OS. The number of thiazole rings is 1. The number of nitrogens with one attached hydrogen (secondary N) is 1. The second-order valence-electron chi connectivity index (χ2n) is 5.32. The van der Waals surface area contributed by atoms with Crippen LogP contribution in [-0.2, 0) is 11.3 Å². The van der Waals surface area contributed by atoms with Gasteiger partial charge in [0.05, 0.1) is 5.69 Å². The third-order valence-electron chi connectivity index (χ3n) is 3.39. The molecule has 0 spiro atoms. The molecule has 0 radical (unpaired) electrons. The van der Waals surface area contributed by atoms with Crippen molar-refractivity contribution >= 4 is 11.3 Å². The number of ether oxygens (including phenoxy) is 1. The molecular weight excluding hydrogens is 280 g/mol. The number of benzene rings is 1. The first-order valence-corrected chi connectivity index (χ1v) is 8.27. The van der Waals surface area contributed by atoms with Crippen molar-refractivity contribution < 1.29 is 4.74 Å². The van der Waals surface area contributed by atoms with E-state index in [9.17, 15) is 0 Å². The Kier molecular flexibility index (Phi) is 5.91. The van der Waals surface area contributed by atoms with Crippen LogP contribution >= 0.6 is 11.3 Å². The van der Waals surface area contributed by atoms with E-state index in [-0.39, 0.29) is 6.10 Å². The van der Waals surface area contributed by atoms with Gasteiger partial charge in [0.15, 0.2) is 0 Å². The molecule has 0 aliphatic carbocycles. The van der Waals surface area contributed by atoms with Crippen LogP contribution in [0.15, 0.2) is 30.3 Å². The Bertz CT molecular complexity index is 551. The maximum Gasteiger partial charge on any atom is 0.134 e. The van der Waals surface area contributed by atoms with Crippen LogP contribution in [0.5, 0.6) is 0 Å². The second kappa shape index (κ2) is 7.69. The lowest BCUT2D eigenvalue weighted by Gasteiger charge is -2.12. The van der Waals surface area contributed by atoms with Crippen molar-refractivity contribution in [3.05, 3.63) is 51.5 Å². The van der Waals surface area contributed by atoms with Gasteiger partial charge >= 0.3 is 0 Å². The van der Waals surface area contributed by atoms with Crippen molar-refractivity contribution in [3.63, 3.8) is 0 Å². The summed E-state index contributed by atoms with van der Waals surface area (Å²) in [6, 6.07) is 10.3. The molecule has 0 fully saturated rings. The first-order chi connectivity index (χ1) is 10.2. The maximum absolute atomic E-state index is 5.70. The fourth-order valence-corrected chi connectivity index (χ4v) is 3.61. The van der Waals surface area contributed by atoms with E-state index in [2.05, 4.69) is 38.2 Å². The maximum atomic E-state index is 5.70. The lowest BCUT2D eigenvalue weighted by molar-refractivity contribution is 0.136. The summed E-state index contributed by atoms with van der Waals surface area (Å²) in [4.78, 5) is 6.18. The zero-order valence-corrected chi connectivity index (χ0v) is 14.0. The standard InChI is InChI=1S/C17H24N2OS/c1-5-18-11-14-15(12(2)3)19-17(21-14)16(20-4)13-9-7-6-8-10-13/h6-10,12,16,18H,5,11H2,1-4H3. The van der Waals surface area contributed by atoms with Gasteiger partial charge in [-0.05, 0) is 18.0 Å². The van der Waals surface area contributed by atoms with E-state index >= 15 is 0 Å². The zero-order chi connectivity index (χ0) is 15.2. The highest BCUT2D eigenvalue weighted by molar-refractivity contribution is 7.11.